The van der Waals surface area contributed by atoms with Gasteiger partial charge in [0.1, 0.15) is 11.6 Å². The van der Waals surface area contributed by atoms with Gasteiger partial charge in [0.2, 0.25) is 5.91 Å². The number of hydrogen-bond acceptors (Lipinski definition) is 4. The Morgan fingerprint density at radius 2 is 2.14 bits per heavy atom. The van der Waals surface area contributed by atoms with Crippen LogP contribution in [0.5, 0.6) is 0 Å². The number of thiazole rings is 1. The summed E-state index contributed by atoms with van der Waals surface area (Å²) in [6.07, 6.45) is 3.38. The van der Waals surface area contributed by atoms with Crippen LogP contribution in [0, 0.1) is 5.82 Å². The van der Waals surface area contributed by atoms with Crippen molar-refractivity contribution in [1.82, 2.24) is 4.98 Å². The zero-order chi connectivity index (χ0) is 15.4. The van der Waals surface area contributed by atoms with Gasteiger partial charge in [0.15, 0.2) is 5.13 Å². The summed E-state index contributed by atoms with van der Waals surface area (Å²) in [4.78, 5) is 16.2. The molecule has 2 heterocycles. The second kappa shape index (κ2) is 6.53. The first kappa shape index (κ1) is 14.5. The van der Waals surface area contributed by atoms with Gasteiger partial charge < -0.3 is 9.73 Å². The van der Waals surface area contributed by atoms with Crippen LogP contribution < -0.4 is 5.32 Å². The van der Waals surface area contributed by atoms with E-state index < -0.39 is 0 Å². The molecule has 6 heteroatoms. The molecule has 112 valence electrons. The number of furan rings is 1. The molecule has 0 aliphatic rings. The maximum atomic E-state index is 13.1. The molecule has 22 heavy (non-hydrogen) atoms. The molecule has 0 saturated carbocycles. The van der Waals surface area contributed by atoms with Crippen molar-refractivity contribution in [2.24, 2.45) is 0 Å². The van der Waals surface area contributed by atoms with Crippen LogP contribution in [0.3, 0.4) is 0 Å². The maximum absolute atomic E-state index is 13.1. The van der Waals surface area contributed by atoms with Gasteiger partial charge in [0, 0.05) is 18.0 Å². The van der Waals surface area contributed by atoms with Crippen molar-refractivity contribution < 1.29 is 13.6 Å². The van der Waals surface area contributed by atoms with Crippen molar-refractivity contribution in [1.29, 1.82) is 0 Å². The van der Waals surface area contributed by atoms with Crippen LogP contribution in [0.1, 0.15) is 23.7 Å². The van der Waals surface area contributed by atoms with Gasteiger partial charge in [-0.15, -0.1) is 11.3 Å². The number of anilines is 1. The van der Waals surface area contributed by atoms with Crippen molar-refractivity contribution in [3.05, 3.63) is 71.4 Å². The molecule has 1 amide bonds. The minimum atomic E-state index is -0.311. The summed E-state index contributed by atoms with van der Waals surface area (Å²) in [5.41, 5.74) is 0.825. The Balaban J connectivity index is 1.80. The van der Waals surface area contributed by atoms with E-state index in [1.165, 1.54) is 23.5 Å². The molecule has 0 bridgehead atoms. The van der Waals surface area contributed by atoms with E-state index in [4.69, 9.17) is 4.42 Å². The molecule has 4 nitrogen and oxygen atoms in total. The fourth-order valence-corrected chi connectivity index (χ4v) is 2.75. The first-order valence-electron chi connectivity index (χ1n) is 6.70. The molecule has 0 aliphatic carbocycles. The van der Waals surface area contributed by atoms with E-state index in [0.29, 0.717) is 10.9 Å². The van der Waals surface area contributed by atoms with Gasteiger partial charge in [-0.2, -0.15) is 0 Å². The zero-order valence-corrected chi connectivity index (χ0v) is 12.3. The van der Waals surface area contributed by atoms with Crippen LogP contribution in [0.2, 0.25) is 0 Å². The van der Waals surface area contributed by atoms with Crippen molar-refractivity contribution in [2.75, 3.05) is 5.32 Å². The van der Waals surface area contributed by atoms with Crippen LogP contribution in [0.15, 0.2) is 58.7 Å². The van der Waals surface area contributed by atoms with Crippen molar-refractivity contribution in [3.63, 3.8) is 0 Å². The van der Waals surface area contributed by atoms with Crippen LogP contribution in [-0.2, 0) is 4.79 Å². The summed E-state index contributed by atoms with van der Waals surface area (Å²) in [5.74, 6) is -0.0775. The van der Waals surface area contributed by atoms with Crippen LogP contribution in [0.25, 0.3) is 0 Å². The van der Waals surface area contributed by atoms with E-state index in [2.05, 4.69) is 10.3 Å². The molecule has 1 atom stereocenters. The van der Waals surface area contributed by atoms with Crippen molar-refractivity contribution in [3.8, 4) is 0 Å². The number of aromatic nitrogens is 1. The molecule has 2 aromatic heterocycles. The average molecular weight is 316 g/mol. The predicted molar refractivity (Wildman–Crippen MR) is 82.3 cm³/mol. The van der Waals surface area contributed by atoms with E-state index >= 15 is 0 Å². The third kappa shape index (κ3) is 3.40. The molecule has 0 spiro atoms. The lowest BCUT2D eigenvalue weighted by Gasteiger charge is -2.14. The zero-order valence-electron chi connectivity index (χ0n) is 11.5. The highest BCUT2D eigenvalue weighted by atomic mass is 32.1. The number of hydrogen-bond donors (Lipinski definition) is 1. The van der Waals surface area contributed by atoms with E-state index in [-0.39, 0.29) is 24.1 Å². The molecule has 0 radical (unpaired) electrons. The molecule has 0 fully saturated rings. The smallest absolute Gasteiger partial charge is 0.227 e. The van der Waals surface area contributed by atoms with Gasteiger partial charge >= 0.3 is 0 Å². The second-order valence-corrected chi connectivity index (χ2v) is 5.60. The average Bonchev–Trinajstić information content (AvgIpc) is 3.19. The molecular formula is C16H13FN2O2S. The number of carbonyl (C=O) groups is 1. The maximum Gasteiger partial charge on any atom is 0.227 e. The lowest BCUT2D eigenvalue weighted by molar-refractivity contribution is -0.116. The Bertz CT molecular complexity index is 724. The topological polar surface area (TPSA) is 55.1 Å². The van der Waals surface area contributed by atoms with E-state index in [9.17, 15) is 9.18 Å². The van der Waals surface area contributed by atoms with Crippen molar-refractivity contribution in [2.45, 2.75) is 12.3 Å². The highest BCUT2D eigenvalue weighted by Crippen LogP contribution is 2.29. The quantitative estimate of drug-likeness (QED) is 0.773. The van der Waals surface area contributed by atoms with E-state index in [0.717, 1.165) is 5.56 Å². The minimum Gasteiger partial charge on any atom is -0.469 e. The molecular weight excluding hydrogens is 303 g/mol. The Labute approximate surface area is 130 Å². The number of nitrogens with one attached hydrogen (secondary N) is 1. The number of rotatable bonds is 5. The summed E-state index contributed by atoms with van der Waals surface area (Å²) < 4.78 is 18.5. The number of halogens is 1. The Kier molecular flexibility index (Phi) is 4.29. The lowest BCUT2D eigenvalue weighted by Crippen LogP contribution is -2.16. The van der Waals surface area contributed by atoms with Gasteiger partial charge in [0.25, 0.3) is 0 Å². The van der Waals surface area contributed by atoms with Crippen LogP contribution >= 0.6 is 11.3 Å². The van der Waals surface area contributed by atoms with E-state index in [1.807, 2.05) is 6.07 Å². The molecule has 0 aliphatic heterocycles. The monoisotopic (exact) mass is 316 g/mol. The largest absolute Gasteiger partial charge is 0.469 e. The molecule has 1 aromatic carbocycles. The highest BCUT2D eigenvalue weighted by Gasteiger charge is 2.21. The predicted octanol–water partition coefficient (Wildman–Crippen LogP) is 4.04. The normalized spacial score (nSPS) is 12.0. The van der Waals surface area contributed by atoms with Gasteiger partial charge in [-0.05, 0) is 29.8 Å². The highest BCUT2D eigenvalue weighted by molar-refractivity contribution is 7.13. The summed E-state index contributed by atoms with van der Waals surface area (Å²) in [7, 11) is 0. The summed E-state index contributed by atoms with van der Waals surface area (Å²) in [6, 6.07) is 9.67. The van der Waals surface area contributed by atoms with Crippen molar-refractivity contribution >= 4 is 22.4 Å². The molecule has 0 saturated heterocycles. The minimum absolute atomic E-state index is 0.166. The number of amides is 1. The summed E-state index contributed by atoms with van der Waals surface area (Å²) in [5, 5.41) is 5.10. The van der Waals surface area contributed by atoms with Gasteiger partial charge in [-0.1, -0.05) is 12.1 Å². The summed E-state index contributed by atoms with van der Waals surface area (Å²) >= 11 is 1.36. The standard InChI is InChI=1S/C16H13FN2O2S/c17-12-5-3-11(4-6-12)13(14-2-1-8-21-14)10-15(20)19-16-18-7-9-22-16/h1-9,13H,10H2,(H,18,19,20)/t13-/m0/s1. The van der Waals surface area contributed by atoms with Gasteiger partial charge in [-0.3, -0.25) is 4.79 Å². The third-order valence-electron chi connectivity index (χ3n) is 3.23. The Morgan fingerprint density at radius 3 is 2.77 bits per heavy atom. The number of carbonyl (C=O) groups excluding carboxylic acids is 1. The van der Waals surface area contributed by atoms with Crippen LogP contribution in [-0.4, -0.2) is 10.9 Å². The Hall–Kier alpha value is -2.47. The van der Waals surface area contributed by atoms with E-state index in [1.54, 1.807) is 36.0 Å². The Morgan fingerprint density at radius 1 is 1.32 bits per heavy atom. The first-order valence-corrected chi connectivity index (χ1v) is 7.58. The van der Waals surface area contributed by atoms with Gasteiger partial charge in [-0.25, -0.2) is 9.37 Å². The van der Waals surface area contributed by atoms with Gasteiger partial charge in [0.05, 0.1) is 12.2 Å². The SMILES string of the molecule is O=C(C[C@@H](c1ccc(F)cc1)c1ccco1)Nc1nccs1. The fraction of sp³-hybridized carbons (Fsp3) is 0.125. The molecule has 3 rings (SSSR count). The summed E-state index contributed by atoms with van der Waals surface area (Å²) in [6.45, 7) is 0. The molecule has 0 unspecified atom stereocenters. The third-order valence-corrected chi connectivity index (χ3v) is 3.92. The second-order valence-electron chi connectivity index (χ2n) is 4.71. The molecule has 3 aromatic rings. The first-order chi connectivity index (χ1) is 10.7. The number of benzene rings is 1. The fourth-order valence-electron chi connectivity index (χ4n) is 2.21. The van der Waals surface area contributed by atoms with Crippen LogP contribution in [0.4, 0.5) is 9.52 Å². The molecule has 1 N–H and O–H groups in total. The lowest BCUT2D eigenvalue weighted by atomic mass is 9.93. The number of nitrogens with zero attached hydrogens (tertiary/aromatic N) is 1.